The van der Waals surface area contributed by atoms with Gasteiger partial charge < -0.3 is 5.11 Å². The van der Waals surface area contributed by atoms with Gasteiger partial charge in [0.25, 0.3) is 5.91 Å². The molecule has 3 rings (SSSR count). The SMILES string of the molecule is O=C(O)C1Cc2ccn(C(=O)c3ccccc3)c2C1. The van der Waals surface area contributed by atoms with Crippen molar-refractivity contribution in [3.8, 4) is 0 Å². The number of hydrogen-bond donors (Lipinski definition) is 1. The zero-order chi connectivity index (χ0) is 13.4. The molecule has 1 atom stereocenters. The fourth-order valence-corrected chi connectivity index (χ4v) is 2.58. The molecule has 1 aliphatic rings. The Balaban J connectivity index is 1.93. The Bertz CT molecular complexity index is 643. The van der Waals surface area contributed by atoms with Crippen LogP contribution in [0.1, 0.15) is 21.6 Å². The summed E-state index contributed by atoms with van der Waals surface area (Å²) in [4.78, 5) is 23.4. The van der Waals surface area contributed by atoms with Gasteiger partial charge in [0.05, 0.1) is 5.92 Å². The van der Waals surface area contributed by atoms with E-state index in [-0.39, 0.29) is 5.91 Å². The van der Waals surface area contributed by atoms with E-state index in [0.29, 0.717) is 18.4 Å². The molecule has 1 aromatic heterocycles. The maximum absolute atomic E-state index is 12.4. The van der Waals surface area contributed by atoms with Crippen LogP contribution in [0.4, 0.5) is 0 Å². The zero-order valence-electron chi connectivity index (χ0n) is 10.2. The van der Waals surface area contributed by atoms with Crippen LogP contribution in [-0.4, -0.2) is 21.6 Å². The number of nitrogens with zero attached hydrogens (tertiary/aromatic N) is 1. The van der Waals surface area contributed by atoms with Crippen LogP contribution < -0.4 is 0 Å². The monoisotopic (exact) mass is 255 g/mol. The van der Waals surface area contributed by atoms with E-state index >= 15 is 0 Å². The summed E-state index contributed by atoms with van der Waals surface area (Å²) in [5.74, 6) is -1.30. The molecule has 0 radical (unpaired) electrons. The fourth-order valence-electron chi connectivity index (χ4n) is 2.58. The number of carbonyl (C=O) groups excluding carboxylic acids is 1. The Hall–Kier alpha value is -2.36. The van der Waals surface area contributed by atoms with Crippen molar-refractivity contribution >= 4 is 11.9 Å². The molecule has 0 fully saturated rings. The van der Waals surface area contributed by atoms with Gasteiger partial charge in [-0.15, -0.1) is 0 Å². The van der Waals surface area contributed by atoms with Crippen molar-refractivity contribution in [3.05, 3.63) is 59.4 Å². The average Bonchev–Trinajstić information content (AvgIpc) is 2.98. The number of benzene rings is 1. The van der Waals surface area contributed by atoms with E-state index in [9.17, 15) is 9.59 Å². The van der Waals surface area contributed by atoms with Crippen LogP contribution in [0.5, 0.6) is 0 Å². The van der Waals surface area contributed by atoms with Crippen LogP contribution in [0.2, 0.25) is 0 Å². The molecule has 0 saturated carbocycles. The minimum Gasteiger partial charge on any atom is -0.481 e. The summed E-state index contributed by atoms with van der Waals surface area (Å²) in [6.07, 6.45) is 2.67. The number of fused-ring (bicyclic) bond motifs is 1. The predicted octanol–water partition coefficient (Wildman–Crippen LogP) is 1.98. The summed E-state index contributed by atoms with van der Waals surface area (Å²) in [6, 6.07) is 10.9. The molecule has 4 nitrogen and oxygen atoms in total. The first-order chi connectivity index (χ1) is 9.16. The lowest BCUT2D eigenvalue weighted by molar-refractivity contribution is -0.141. The number of carboxylic acids is 1. The molecule has 1 aliphatic carbocycles. The van der Waals surface area contributed by atoms with Crippen molar-refractivity contribution in [2.75, 3.05) is 0 Å². The Morgan fingerprint density at radius 1 is 1.11 bits per heavy atom. The Labute approximate surface area is 110 Å². The van der Waals surface area contributed by atoms with E-state index in [0.717, 1.165) is 11.3 Å². The lowest BCUT2D eigenvalue weighted by Crippen LogP contribution is -2.17. The standard InChI is InChI=1S/C15H13NO3/c17-14(10-4-2-1-3-5-10)16-7-6-11-8-12(15(18)19)9-13(11)16/h1-7,12H,8-9H2,(H,18,19). The van der Waals surface area contributed by atoms with Gasteiger partial charge in [-0.05, 0) is 30.2 Å². The van der Waals surface area contributed by atoms with Crippen molar-refractivity contribution in [2.24, 2.45) is 5.92 Å². The molecule has 4 heteroatoms. The summed E-state index contributed by atoms with van der Waals surface area (Å²) < 4.78 is 1.58. The van der Waals surface area contributed by atoms with Gasteiger partial charge >= 0.3 is 5.97 Å². The van der Waals surface area contributed by atoms with Crippen LogP contribution in [0.15, 0.2) is 42.6 Å². The fraction of sp³-hybridized carbons (Fsp3) is 0.200. The molecule has 0 aliphatic heterocycles. The molecule has 19 heavy (non-hydrogen) atoms. The summed E-state index contributed by atoms with van der Waals surface area (Å²) >= 11 is 0. The number of carboxylic acid groups (broad SMARTS) is 1. The maximum atomic E-state index is 12.4. The van der Waals surface area contributed by atoms with Crippen LogP contribution in [0.3, 0.4) is 0 Å². The third-order valence-corrected chi connectivity index (χ3v) is 3.58. The first-order valence-electron chi connectivity index (χ1n) is 6.18. The molecule has 1 unspecified atom stereocenters. The highest BCUT2D eigenvalue weighted by Crippen LogP contribution is 2.28. The molecule has 96 valence electrons. The minimum atomic E-state index is -0.796. The van der Waals surface area contributed by atoms with Gasteiger partial charge in [-0.1, -0.05) is 18.2 Å². The second-order valence-corrected chi connectivity index (χ2v) is 4.77. The highest BCUT2D eigenvalue weighted by molar-refractivity contribution is 5.96. The molecule has 1 N–H and O–H groups in total. The molecule has 0 spiro atoms. The summed E-state index contributed by atoms with van der Waals surface area (Å²) in [5, 5.41) is 9.06. The summed E-state index contributed by atoms with van der Waals surface area (Å²) in [7, 11) is 0. The van der Waals surface area contributed by atoms with Gasteiger partial charge in [0, 0.05) is 23.9 Å². The molecule has 1 aromatic carbocycles. The number of aromatic nitrogens is 1. The Morgan fingerprint density at radius 2 is 1.84 bits per heavy atom. The van der Waals surface area contributed by atoms with E-state index < -0.39 is 11.9 Å². The Morgan fingerprint density at radius 3 is 2.53 bits per heavy atom. The average molecular weight is 255 g/mol. The van der Waals surface area contributed by atoms with Gasteiger partial charge in [0.15, 0.2) is 0 Å². The van der Waals surface area contributed by atoms with Crippen molar-refractivity contribution in [1.82, 2.24) is 4.57 Å². The van der Waals surface area contributed by atoms with Crippen LogP contribution in [-0.2, 0) is 17.6 Å². The molecular weight excluding hydrogens is 242 g/mol. The largest absolute Gasteiger partial charge is 0.481 e. The van der Waals surface area contributed by atoms with Crippen LogP contribution in [0.25, 0.3) is 0 Å². The summed E-state index contributed by atoms with van der Waals surface area (Å²) in [5.41, 5.74) is 2.41. The van der Waals surface area contributed by atoms with E-state index in [1.807, 2.05) is 24.3 Å². The van der Waals surface area contributed by atoms with E-state index in [1.54, 1.807) is 22.9 Å². The molecular formula is C15H13NO3. The van der Waals surface area contributed by atoms with E-state index in [2.05, 4.69) is 0 Å². The first-order valence-corrected chi connectivity index (χ1v) is 6.18. The lowest BCUT2D eigenvalue weighted by atomic mass is 10.1. The van der Waals surface area contributed by atoms with Crippen molar-refractivity contribution in [1.29, 1.82) is 0 Å². The molecule has 1 heterocycles. The number of rotatable bonds is 2. The molecule has 0 saturated heterocycles. The van der Waals surface area contributed by atoms with E-state index in [4.69, 9.17) is 5.11 Å². The Kier molecular flexibility index (Phi) is 2.71. The topological polar surface area (TPSA) is 59.3 Å². The third kappa shape index (κ3) is 1.95. The summed E-state index contributed by atoms with van der Waals surface area (Å²) in [6.45, 7) is 0. The first kappa shape index (κ1) is 11.7. The molecule has 0 amide bonds. The molecule has 0 bridgehead atoms. The minimum absolute atomic E-state index is 0.104. The lowest BCUT2D eigenvalue weighted by Gasteiger charge is -2.07. The van der Waals surface area contributed by atoms with Gasteiger partial charge in [0.1, 0.15) is 0 Å². The van der Waals surface area contributed by atoms with Crippen LogP contribution >= 0.6 is 0 Å². The van der Waals surface area contributed by atoms with Crippen LogP contribution in [0, 0.1) is 5.92 Å². The smallest absolute Gasteiger partial charge is 0.307 e. The molecule has 2 aromatic rings. The number of hydrogen-bond acceptors (Lipinski definition) is 2. The predicted molar refractivity (Wildman–Crippen MR) is 69.1 cm³/mol. The van der Waals surface area contributed by atoms with E-state index in [1.165, 1.54) is 0 Å². The van der Waals surface area contributed by atoms with Crippen molar-refractivity contribution in [2.45, 2.75) is 12.8 Å². The van der Waals surface area contributed by atoms with Crippen molar-refractivity contribution in [3.63, 3.8) is 0 Å². The van der Waals surface area contributed by atoms with Crippen molar-refractivity contribution < 1.29 is 14.7 Å². The third-order valence-electron chi connectivity index (χ3n) is 3.58. The maximum Gasteiger partial charge on any atom is 0.307 e. The highest BCUT2D eigenvalue weighted by atomic mass is 16.4. The second-order valence-electron chi connectivity index (χ2n) is 4.77. The zero-order valence-corrected chi connectivity index (χ0v) is 10.2. The highest BCUT2D eigenvalue weighted by Gasteiger charge is 2.30. The van der Waals surface area contributed by atoms with Gasteiger partial charge in [-0.25, -0.2) is 0 Å². The quantitative estimate of drug-likeness (QED) is 0.892. The van der Waals surface area contributed by atoms with Gasteiger partial charge in [-0.2, -0.15) is 0 Å². The van der Waals surface area contributed by atoms with Gasteiger partial charge in [-0.3, -0.25) is 14.2 Å². The normalized spacial score (nSPS) is 17.2. The number of carbonyl (C=O) groups is 2. The number of aliphatic carboxylic acids is 1. The van der Waals surface area contributed by atoms with Gasteiger partial charge in [0.2, 0.25) is 0 Å². The second kappa shape index (κ2) is 4.39.